The van der Waals surface area contributed by atoms with Gasteiger partial charge in [0, 0.05) is 0 Å². The minimum atomic E-state index is -4.77. The number of aliphatic hydroxyl groups is 1. The lowest BCUT2D eigenvalue weighted by molar-refractivity contribution is -0.248. The minimum Gasteiger partial charge on any atom is -0.362 e. The van der Waals surface area contributed by atoms with E-state index in [1.54, 1.807) is 53.4 Å². The quantitative estimate of drug-likeness (QED) is 0.794. The van der Waals surface area contributed by atoms with Crippen molar-refractivity contribution >= 4 is 11.4 Å². The first-order valence-electron chi connectivity index (χ1n) is 6.93. The van der Waals surface area contributed by atoms with Crippen LogP contribution in [0.15, 0.2) is 54.6 Å². The molecule has 0 bridgehead atoms. The van der Waals surface area contributed by atoms with E-state index in [-0.39, 0.29) is 5.69 Å². The van der Waals surface area contributed by atoms with Crippen molar-refractivity contribution < 1.29 is 18.3 Å². The second-order valence-corrected chi connectivity index (χ2v) is 5.61. The molecule has 22 heavy (non-hydrogen) atoms. The van der Waals surface area contributed by atoms with E-state index in [1.165, 1.54) is 0 Å². The summed E-state index contributed by atoms with van der Waals surface area (Å²) in [5.41, 5.74) is -1.23. The highest BCUT2D eigenvalue weighted by molar-refractivity contribution is 5.80. The Morgan fingerprint density at radius 2 is 1.64 bits per heavy atom. The lowest BCUT2D eigenvalue weighted by atomic mass is 10.0. The molecule has 2 heterocycles. The Hall–Kier alpha value is -2.21. The van der Waals surface area contributed by atoms with Gasteiger partial charge in [0.2, 0.25) is 0 Å². The first-order valence-corrected chi connectivity index (χ1v) is 6.93. The molecule has 2 aromatic rings. The van der Waals surface area contributed by atoms with Crippen LogP contribution in [-0.4, -0.2) is 23.0 Å². The van der Waals surface area contributed by atoms with E-state index in [0.29, 0.717) is 5.69 Å². The van der Waals surface area contributed by atoms with Crippen molar-refractivity contribution in [2.45, 2.75) is 24.0 Å². The van der Waals surface area contributed by atoms with Gasteiger partial charge in [0.15, 0.2) is 0 Å². The van der Waals surface area contributed by atoms with Gasteiger partial charge in [0.05, 0.1) is 17.4 Å². The first kappa shape index (κ1) is 13.5. The fourth-order valence-corrected chi connectivity index (χ4v) is 3.28. The van der Waals surface area contributed by atoms with Gasteiger partial charge in [0.1, 0.15) is 6.04 Å². The molecule has 2 N–H and O–H groups in total. The van der Waals surface area contributed by atoms with E-state index in [2.05, 4.69) is 5.32 Å². The Kier molecular flexibility index (Phi) is 2.55. The van der Waals surface area contributed by atoms with E-state index in [4.69, 9.17) is 0 Å². The lowest BCUT2D eigenvalue weighted by Crippen LogP contribution is -2.59. The Bertz CT molecular complexity index is 719. The fraction of sp³-hybridized carbons (Fsp3) is 0.250. The molecular weight excluding hydrogens is 293 g/mol. The largest absolute Gasteiger partial charge is 0.438 e. The van der Waals surface area contributed by atoms with Crippen molar-refractivity contribution in [3.05, 3.63) is 60.2 Å². The Morgan fingerprint density at radius 3 is 2.32 bits per heavy atom. The Morgan fingerprint density at radius 1 is 1.00 bits per heavy atom. The highest BCUT2D eigenvalue weighted by Gasteiger charge is 2.73. The molecule has 3 nitrogen and oxygen atoms in total. The van der Waals surface area contributed by atoms with Crippen molar-refractivity contribution in [1.82, 2.24) is 0 Å². The molecule has 0 amide bonds. The number of hydrogen-bond donors (Lipinski definition) is 2. The van der Waals surface area contributed by atoms with Crippen molar-refractivity contribution in [3.8, 4) is 0 Å². The van der Waals surface area contributed by atoms with E-state index in [1.807, 2.05) is 6.07 Å². The predicted molar refractivity (Wildman–Crippen MR) is 76.5 cm³/mol. The number of rotatable bonds is 1. The summed E-state index contributed by atoms with van der Waals surface area (Å²) in [4.78, 5) is 1.62. The third-order valence-corrected chi connectivity index (χ3v) is 4.32. The number of nitrogens with one attached hydrogen (secondary N) is 1. The summed E-state index contributed by atoms with van der Waals surface area (Å²) < 4.78 is 40.3. The van der Waals surface area contributed by atoms with Crippen LogP contribution < -0.4 is 10.2 Å². The molecule has 0 aliphatic carbocycles. The van der Waals surface area contributed by atoms with Crippen LogP contribution in [0.2, 0.25) is 0 Å². The molecule has 2 aromatic carbocycles. The second-order valence-electron chi connectivity index (χ2n) is 5.61. The Balaban J connectivity index is 1.84. The van der Waals surface area contributed by atoms with Gasteiger partial charge in [-0.25, -0.2) is 0 Å². The summed E-state index contributed by atoms with van der Waals surface area (Å²) in [5.74, 6) is 0. The zero-order valence-electron chi connectivity index (χ0n) is 11.4. The molecule has 114 valence electrons. The maximum atomic E-state index is 13.4. The van der Waals surface area contributed by atoms with Gasteiger partial charge in [-0.3, -0.25) is 0 Å². The van der Waals surface area contributed by atoms with E-state index < -0.39 is 24.0 Å². The normalized spacial score (nSPS) is 29.4. The van der Waals surface area contributed by atoms with Crippen LogP contribution in [0.4, 0.5) is 24.5 Å². The summed E-state index contributed by atoms with van der Waals surface area (Å²) in [5, 5.41) is 12.6. The zero-order valence-corrected chi connectivity index (χ0v) is 11.4. The van der Waals surface area contributed by atoms with Crippen LogP contribution in [0.3, 0.4) is 0 Å². The summed E-state index contributed by atoms with van der Waals surface area (Å²) in [6.07, 6.45) is -4.77. The van der Waals surface area contributed by atoms with Gasteiger partial charge in [-0.05, 0) is 17.7 Å². The molecule has 4 rings (SSSR count). The fourth-order valence-electron chi connectivity index (χ4n) is 3.28. The van der Waals surface area contributed by atoms with Gasteiger partial charge < -0.3 is 15.3 Å². The predicted octanol–water partition coefficient (Wildman–Crippen LogP) is 3.29. The number of benzene rings is 2. The third-order valence-electron chi connectivity index (χ3n) is 4.32. The van der Waals surface area contributed by atoms with Crippen molar-refractivity contribution in [3.63, 3.8) is 0 Å². The van der Waals surface area contributed by atoms with Crippen LogP contribution in [0, 0.1) is 0 Å². The first-order chi connectivity index (χ1) is 10.4. The van der Waals surface area contributed by atoms with Gasteiger partial charge in [-0.2, -0.15) is 13.2 Å². The molecule has 0 spiro atoms. The standard InChI is InChI=1S/C16H13F3N2O/c17-16(18,19)15(22)14-13(10-6-2-1-3-7-10)21(14)12-9-5-4-8-11(12)20-15/h1-9,13-14,20,22H/t13-,14+,15+,21?/m1/s1. The molecule has 2 aliphatic heterocycles. The van der Waals surface area contributed by atoms with E-state index in [0.717, 1.165) is 5.56 Å². The van der Waals surface area contributed by atoms with Crippen LogP contribution >= 0.6 is 0 Å². The van der Waals surface area contributed by atoms with Gasteiger partial charge >= 0.3 is 6.18 Å². The molecule has 1 fully saturated rings. The second kappa shape index (κ2) is 4.16. The number of alkyl halides is 3. The molecule has 0 aromatic heterocycles. The Labute approximate surface area is 125 Å². The van der Waals surface area contributed by atoms with Gasteiger partial charge in [-0.15, -0.1) is 0 Å². The molecule has 3 atom stereocenters. The number of halogens is 3. The molecule has 6 heteroatoms. The van der Waals surface area contributed by atoms with E-state index in [9.17, 15) is 18.3 Å². The smallest absolute Gasteiger partial charge is 0.362 e. The molecule has 0 radical (unpaired) electrons. The van der Waals surface area contributed by atoms with Gasteiger partial charge in [-0.1, -0.05) is 42.5 Å². The summed E-state index contributed by atoms with van der Waals surface area (Å²) >= 11 is 0. The van der Waals surface area contributed by atoms with Crippen LogP contribution in [0.25, 0.3) is 0 Å². The number of fused-ring (bicyclic) bond motifs is 3. The van der Waals surface area contributed by atoms with Crippen LogP contribution in [-0.2, 0) is 0 Å². The molecule has 0 saturated carbocycles. The molecule has 0 unspecified atom stereocenters. The van der Waals surface area contributed by atoms with Crippen LogP contribution in [0.1, 0.15) is 11.6 Å². The zero-order chi connectivity index (χ0) is 15.5. The minimum absolute atomic E-state index is 0.289. The summed E-state index contributed by atoms with van der Waals surface area (Å²) in [6, 6.07) is 14.1. The van der Waals surface area contributed by atoms with Crippen molar-refractivity contribution in [2.75, 3.05) is 10.2 Å². The monoisotopic (exact) mass is 306 g/mol. The van der Waals surface area contributed by atoms with Crippen molar-refractivity contribution in [2.24, 2.45) is 0 Å². The van der Waals surface area contributed by atoms with Crippen LogP contribution in [0.5, 0.6) is 0 Å². The van der Waals surface area contributed by atoms with Crippen molar-refractivity contribution in [1.29, 1.82) is 0 Å². The topological polar surface area (TPSA) is 35.3 Å². The number of hydrogen-bond acceptors (Lipinski definition) is 3. The molecular formula is C16H13F3N2O. The molecule has 1 saturated heterocycles. The number of nitrogens with zero attached hydrogens (tertiary/aromatic N) is 1. The third kappa shape index (κ3) is 1.67. The summed E-state index contributed by atoms with van der Waals surface area (Å²) in [6.45, 7) is 0. The molecule has 2 aliphatic rings. The lowest BCUT2D eigenvalue weighted by Gasteiger charge is -2.36. The number of para-hydroxylation sites is 2. The number of anilines is 2. The highest BCUT2D eigenvalue weighted by atomic mass is 19.4. The maximum Gasteiger partial charge on any atom is 0.438 e. The van der Waals surface area contributed by atoms with Gasteiger partial charge in [0.25, 0.3) is 5.72 Å². The average Bonchev–Trinajstić information content (AvgIpc) is 3.24. The average molecular weight is 306 g/mol. The summed E-state index contributed by atoms with van der Waals surface area (Å²) in [7, 11) is 0. The SMILES string of the molecule is O[C@@]1(C(F)(F)F)Nc2ccccc2N2[C@H](c3ccccc3)[C@H]21. The highest BCUT2D eigenvalue weighted by Crippen LogP contribution is 2.60. The van der Waals surface area contributed by atoms with E-state index >= 15 is 0 Å². The maximum absolute atomic E-state index is 13.4.